The quantitative estimate of drug-likeness (QED) is 0.240. The molecule has 1 aromatic rings. The zero-order valence-corrected chi connectivity index (χ0v) is 30.7. The Kier molecular flexibility index (Phi) is 11.6. The highest BCUT2D eigenvalue weighted by Crippen LogP contribution is 2.40. The van der Waals surface area contributed by atoms with Gasteiger partial charge in [0.25, 0.3) is 5.91 Å². The molecule has 5 amide bonds. The van der Waals surface area contributed by atoms with Gasteiger partial charge < -0.3 is 26.6 Å². The molecule has 5 N–H and O–H groups in total. The van der Waals surface area contributed by atoms with Crippen LogP contribution < -0.4 is 21.7 Å². The standard InChI is InChI=1S/C36H55N5O7S/c1-34(2,3)25-17-20-41(27(25)31(44)38-26(21-23-15-16-23)28(42)30(37)43)32(45)29(35(4,5)6)39-33(46)40-36(18-11-8-12-19-36)22-49(47,48)24-13-9-7-10-14-24/h7,9-10,13-14,23,25-27,29H,8,11-12,15-22H2,1-6H3,(H2,37,43)(H,38,44)(H2,39,40,46)/t25?,26?,27?,29-/m1/s1. The Labute approximate surface area is 291 Å². The van der Waals surface area contributed by atoms with Crippen molar-refractivity contribution in [2.45, 2.75) is 128 Å². The van der Waals surface area contributed by atoms with E-state index in [0.717, 1.165) is 32.1 Å². The topological polar surface area (TPSA) is 185 Å². The summed E-state index contributed by atoms with van der Waals surface area (Å²) in [6.45, 7) is 11.7. The fraction of sp³-hybridized carbons (Fsp3) is 0.694. The second-order valence-electron chi connectivity index (χ2n) is 16.5. The number of carbonyl (C=O) groups is 5. The van der Waals surface area contributed by atoms with Gasteiger partial charge in [0.1, 0.15) is 12.1 Å². The summed E-state index contributed by atoms with van der Waals surface area (Å²) in [5.74, 6) is -3.28. The lowest BCUT2D eigenvalue weighted by molar-refractivity contribution is -0.145. The second kappa shape index (κ2) is 14.8. The Bertz CT molecular complexity index is 1510. The number of nitrogens with one attached hydrogen (secondary N) is 3. The minimum atomic E-state index is -3.73. The van der Waals surface area contributed by atoms with Gasteiger partial charge in [-0.1, -0.05) is 91.8 Å². The van der Waals surface area contributed by atoms with Gasteiger partial charge in [0.2, 0.25) is 17.6 Å². The van der Waals surface area contributed by atoms with Crippen LogP contribution in [0.4, 0.5) is 4.79 Å². The first-order chi connectivity index (χ1) is 22.7. The fourth-order valence-electron chi connectivity index (χ4n) is 7.45. The number of ketones is 1. The molecule has 1 heterocycles. The summed E-state index contributed by atoms with van der Waals surface area (Å²) < 4.78 is 26.9. The highest BCUT2D eigenvalue weighted by atomic mass is 32.2. The number of benzene rings is 1. The molecule has 1 saturated heterocycles. The summed E-state index contributed by atoms with van der Waals surface area (Å²) in [5.41, 5.74) is 3.13. The van der Waals surface area contributed by atoms with Crippen molar-refractivity contribution in [2.75, 3.05) is 12.3 Å². The third-order valence-electron chi connectivity index (χ3n) is 10.4. The second-order valence-corrected chi connectivity index (χ2v) is 18.5. The average molecular weight is 702 g/mol. The van der Waals surface area contributed by atoms with Crippen LogP contribution >= 0.6 is 0 Å². The molecule has 12 nitrogen and oxygen atoms in total. The van der Waals surface area contributed by atoms with Crippen LogP contribution in [0.25, 0.3) is 0 Å². The van der Waals surface area contributed by atoms with Crippen molar-refractivity contribution in [3.05, 3.63) is 30.3 Å². The van der Waals surface area contributed by atoms with Crippen LogP contribution in [0.2, 0.25) is 0 Å². The molecular formula is C36H55N5O7S. The van der Waals surface area contributed by atoms with Crippen molar-refractivity contribution in [2.24, 2.45) is 28.4 Å². The van der Waals surface area contributed by atoms with E-state index in [2.05, 4.69) is 16.0 Å². The summed E-state index contributed by atoms with van der Waals surface area (Å²) in [6.07, 6.45) is 6.03. The molecule has 13 heteroatoms. The molecule has 0 aromatic heterocycles. The van der Waals surface area contributed by atoms with Crippen molar-refractivity contribution >= 4 is 39.4 Å². The van der Waals surface area contributed by atoms with Gasteiger partial charge in [-0.25, -0.2) is 13.2 Å². The maximum Gasteiger partial charge on any atom is 0.315 e. The molecule has 3 unspecified atom stereocenters. The van der Waals surface area contributed by atoms with Gasteiger partial charge in [-0.3, -0.25) is 19.2 Å². The summed E-state index contributed by atoms with van der Waals surface area (Å²) in [5, 5.41) is 8.63. The fourth-order valence-corrected chi connectivity index (χ4v) is 9.28. The molecule has 4 rings (SSSR count). The summed E-state index contributed by atoms with van der Waals surface area (Å²) >= 11 is 0. The number of carbonyl (C=O) groups excluding carboxylic acids is 5. The van der Waals surface area contributed by atoms with Crippen molar-refractivity contribution in [1.29, 1.82) is 0 Å². The molecule has 49 heavy (non-hydrogen) atoms. The predicted molar refractivity (Wildman–Crippen MR) is 186 cm³/mol. The van der Waals surface area contributed by atoms with Gasteiger partial charge >= 0.3 is 6.03 Å². The Hall–Kier alpha value is -3.48. The number of sulfone groups is 1. The van der Waals surface area contributed by atoms with Gasteiger partial charge in [-0.2, -0.15) is 0 Å². The van der Waals surface area contributed by atoms with Gasteiger partial charge in [-0.05, 0) is 60.5 Å². The lowest BCUT2D eigenvalue weighted by atomic mass is 9.75. The molecule has 4 atom stereocenters. The van der Waals surface area contributed by atoms with Crippen LogP contribution in [0.15, 0.2) is 35.2 Å². The first kappa shape index (κ1) is 38.3. The normalized spacial score (nSPS) is 22.4. The van der Waals surface area contributed by atoms with Crippen molar-refractivity contribution in [1.82, 2.24) is 20.9 Å². The number of Topliss-reactive ketones (excluding diaryl/α,β-unsaturated/α-hetero) is 1. The number of amides is 5. The molecule has 1 aliphatic heterocycles. The number of hydrogen-bond donors (Lipinski definition) is 4. The smallest absolute Gasteiger partial charge is 0.315 e. The maximum absolute atomic E-state index is 14.5. The number of urea groups is 1. The molecule has 3 aliphatic rings. The Balaban J connectivity index is 1.58. The lowest BCUT2D eigenvalue weighted by Gasteiger charge is -2.40. The number of rotatable bonds is 12. The van der Waals surface area contributed by atoms with E-state index in [0.29, 0.717) is 25.7 Å². The van der Waals surface area contributed by atoms with Crippen LogP contribution in [-0.4, -0.2) is 78.8 Å². The first-order valence-corrected chi connectivity index (χ1v) is 19.2. The van der Waals surface area contributed by atoms with E-state index in [1.807, 2.05) is 41.5 Å². The van der Waals surface area contributed by atoms with Crippen LogP contribution in [0.5, 0.6) is 0 Å². The van der Waals surface area contributed by atoms with Gasteiger partial charge in [0.05, 0.1) is 22.2 Å². The van der Waals surface area contributed by atoms with Gasteiger partial charge in [0.15, 0.2) is 9.84 Å². The third kappa shape index (κ3) is 9.61. The van der Waals surface area contributed by atoms with E-state index >= 15 is 0 Å². The van der Waals surface area contributed by atoms with Crippen LogP contribution in [0.3, 0.4) is 0 Å². The molecule has 1 aromatic carbocycles. The average Bonchev–Trinajstić information content (AvgIpc) is 3.70. The highest BCUT2D eigenvalue weighted by Gasteiger charge is 2.50. The molecule has 2 saturated carbocycles. The van der Waals surface area contributed by atoms with Gasteiger partial charge in [-0.15, -0.1) is 0 Å². The third-order valence-corrected chi connectivity index (χ3v) is 12.3. The molecule has 2 aliphatic carbocycles. The van der Waals surface area contributed by atoms with E-state index < -0.39 is 73.9 Å². The van der Waals surface area contributed by atoms with Crippen LogP contribution in [0.1, 0.15) is 99.3 Å². The van der Waals surface area contributed by atoms with Crippen LogP contribution in [0, 0.1) is 22.7 Å². The van der Waals surface area contributed by atoms with E-state index in [1.165, 1.54) is 4.90 Å². The number of hydrogen-bond acceptors (Lipinski definition) is 7. The first-order valence-electron chi connectivity index (χ1n) is 17.6. The maximum atomic E-state index is 14.5. The predicted octanol–water partition coefficient (Wildman–Crippen LogP) is 3.48. The zero-order chi connectivity index (χ0) is 36.4. The Morgan fingerprint density at radius 2 is 1.53 bits per heavy atom. The largest absolute Gasteiger partial charge is 0.363 e. The zero-order valence-electron chi connectivity index (χ0n) is 29.8. The molecular weight excluding hydrogens is 646 g/mol. The number of likely N-dealkylation sites (tertiary alicyclic amines) is 1. The number of primary amides is 1. The minimum Gasteiger partial charge on any atom is -0.363 e. The lowest BCUT2D eigenvalue weighted by Crippen LogP contribution is -2.63. The summed E-state index contributed by atoms with van der Waals surface area (Å²) in [6, 6.07) is 4.43. The van der Waals surface area contributed by atoms with Gasteiger partial charge in [0, 0.05) is 6.54 Å². The monoisotopic (exact) mass is 701 g/mol. The number of nitrogens with two attached hydrogens (primary N) is 1. The van der Waals surface area contributed by atoms with Crippen molar-refractivity contribution in [3.63, 3.8) is 0 Å². The molecule has 0 spiro atoms. The molecule has 0 radical (unpaired) electrons. The Morgan fingerprint density at radius 1 is 0.918 bits per heavy atom. The molecule has 3 fully saturated rings. The van der Waals surface area contributed by atoms with Crippen molar-refractivity contribution in [3.8, 4) is 0 Å². The van der Waals surface area contributed by atoms with Crippen molar-refractivity contribution < 1.29 is 32.4 Å². The highest BCUT2D eigenvalue weighted by molar-refractivity contribution is 7.91. The SMILES string of the molecule is CC(C)(C)C1CCN(C(=O)[C@@H](NC(=O)NC2(CS(=O)(=O)c3ccccc3)CCCCC2)C(C)(C)C)C1C(=O)NC(CC1CC1)C(=O)C(N)=O. The summed E-state index contributed by atoms with van der Waals surface area (Å²) in [4.78, 5) is 68.5. The molecule has 272 valence electrons. The summed E-state index contributed by atoms with van der Waals surface area (Å²) in [7, 11) is -3.73. The van der Waals surface area contributed by atoms with E-state index in [9.17, 15) is 32.4 Å². The number of nitrogens with zero attached hydrogens (tertiary/aromatic N) is 1. The molecule has 0 bridgehead atoms. The van der Waals surface area contributed by atoms with E-state index in [-0.39, 0.29) is 29.0 Å². The van der Waals surface area contributed by atoms with Crippen LogP contribution in [-0.2, 0) is 29.0 Å². The van der Waals surface area contributed by atoms with E-state index in [1.54, 1.807) is 30.3 Å². The van der Waals surface area contributed by atoms with E-state index in [4.69, 9.17) is 5.73 Å². The minimum absolute atomic E-state index is 0.188. The Morgan fingerprint density at radius 3 is 2.06 bits per heavy atom.